The number of ether oxygens (including phenoxy) is 2. The fourth-order valence-electron chi connectivity index (χ4n) is 6.62. The van der Waals surface area contributed by atoms with E-state index in [4.69, 9.17) is 18.5 Å². The van der Waals surface area contributed by atoms with Crippen LogP contribution < -0.4 is 0 Å². The molecule has 8 N–H and O–H groups in total. The number of hydrogen-bond donors (Lipinski definition) is 8. The quantitative estimate of drug-likeness (QED) is 0.0148. The Bertz CT molecular complexity index is 1290. The zero-order valence-electron chi connectivity index (χ0n) is 36.7. The molecule has 0 heterocycles. The van der Waals surface area contributed by atoms with Crippen LogP contribution in [0.3, 0.4) is 0 Å². The number of unbranched alkanes of at least 4 members (excludes halogenated alkanes) is 14. The fourth-order valence-corrected chi connectivity index (χ4v) is 7.59. The van der Waals surface area contributed by atoms with Gasteiger partial charge >= 0.3 is 19.8 Å². The standard InChI is InChI=1S/C45H79O15P/c1-3-5-7-8-9-10-11-12-13-14-18-21-25-31-39(49)59-37(34-58-61(55,56)60-45-43(53)41(51)40(50)42(52)44(45)54)33-57-38(48)32-26-30-36(47)29-24-20-17-15-16-19-23-28-35(46)27-22-6-4-2/h16-17,19-20,23-24,28-29,35-37,40-47,50-54H,3-15,18,21-22,25-27,30-34H2,1-2H3,(H,55,56)/b19-16-,20-17-,28-23+,29-24+/t35-,36-,37+,40?,41-,42+,43+,44+,45?/m0/s1. The molecular formula is C45H79O15P. The molecule has 10 atom stereocenters. The third-order valence-corrected chi connectivity index (χ3v) is 11.4. The van der Waals surface area contributed by atoms with E-state index in [0.717, 1.165) is 51.4 Å². The van der Waals surface area contributed by atoms with E-state index in [0.29, 0.717) is 12.8 Å². The van der Waals surface area contributed by atoms with E-state index in [1.54, 1.807) is 24.3 Å². The van der Waals surface area contributed by atoms with Gasteiger partial charge in [0.15, 0.2) is 6.10 Å². The van der Waals surface area contributed by atoms with Crippen LogP contribution in [0.15, 0.2) is 48.6 Å². The van der Waals surface area contributed by atoms with Gasteiger partial charge in [-0.25, -0.2) is 4.57 Å². The summed E-state index contributed by atoms with van der Waals surface area (Å²) in [6.45, 7) is 2.99. The Balaban J connectivity index is 2.58. The van der Waals surface area contributed by atoms with Crippen molar-refractivity contribution < 1.29 is 73.3 Å². The molecule has 3 unspecified atom stereocenters. The van der Waals surface area contributed by atoms with E-state index in [1.165, 1.54) is 51.4 Å². The minimum Gasteiger partial charge on any atom is -0.462 e. The minimum absolute atomic E-state index is 0.0486. The predicted molar refractivity (Wildman–Crippen MR) is 233 cm³/mol. The van der Waals surface area contributed by atoms with Crippen molar-refractivity contribution >= 4 is 19.8 Å². The maximum Gasteiger partial charge on any atom is 0.472 e. The molecule has 1 saturated carbocycles. The number of carbonyl (C=O) groups is 2. The molecule has 0 aromatic heterocycles. The van der Waals surface area contributed by atoms with Crippen molar-refractivity contribution in [2.75, 3.05) is 13.2 Å². The molecule has 0 amide bonds. The average Bonchev–Trinajstić information content (AvgIpc) is 3.23. The molecule has 61 heavy (non-hydrogen) atoms. The van der Waals surface area contributed by atoms with Crippen molar-refractivity contribution in [3.8, 4) is 0 Å². The van der Waals surface area contributed by atoms with Gasteiger partial charge in [0.1, 0.15) is 43.2 Å². The van der Waals surface area contributed by atoms with Gasteiger partial charge in [0.25, 0.3) is 0 Å². The molecule has 0 aromatic rings. The number of allylic oxidation sites excluding steroid dienone is 6. The van der Waals surface area contributed by atoms with Gasteiger partial charge in [-0.15, -0.1) is 0 Å². The maximum atomic E-state index is 12.8. The second-order valence-corrected chi connectivity index (χ2v) is 17.4. The minimum atomic E-state index is -5.17. The van der Waals surface area contributed by atoms with Gasteiger partial charge in [-0.05, 0) is 32.1 Å². The van der Waals surface area contributed by atoms with Crippen LogP contribution in [0, 0.1) is 0 Å². The lowest BCUT2D eigenvalue weighted by Crippen LogP contribution is -2.64. The van der Waals surface area contributed by atoms with E-state index in [9.17, 15) is 54.8 Å². The van der Waals surface area contributed by atoms with Crippen molar-refractivity contribution in [3.05, 3.63) is 48.6 Å². The number of hydrogen-bond acceptors (Lipinski definition) is 14. The molecule has 1 aliphatic carbocycles. The molecule has 0 aliphatic heterocycles. The topological polar surface area (TPSA) is 250 Å². The SMILES string of the molecule is CCCCCCCCCCCCCCCC(=O)O[C@H](COC(=O)CCC[C@@H](O)/C=C/C=C\C/C=C\C=C\[C@@H](O)CCCCC)COP(=O)(O)OC1[C@H](O)[C@H](O)C(O)[C@H](O)[C@H]1O. The van der Waals surface area contributed by atoms with Crippen molar-refractivity contribution in [1.82, 2.24) is 0 Å². The Hall–Kier alpha value is -2.27. The molecule has 1 fully saturated rings. The van der Waals surface area contributed by atoms with Gasteiger partial charge in [-0.1, -0.05) is 159 Å². The van der Waals surface area contributed by atoms with E-state index in [2.05, 4.69) is 13.8 Å². The van der Waals surface area contributed by atoms with Crippen LogP contribution in [-0.2, 0) is 32.7 Å². The summed E-state index contributed by atoms with van der Waals surface area (Å²) in [5.41, 5.74) is 0. The normalized spacial score (nSPS) is 23.5. The molecule has 0 saturated heterocycles. The first-order valence-corrected chi connectivity index (χ1v) is 24.2. The Morgan fingerprint density at radius 3 is 1.54 bits per heavy atom. The molecule has 0 bridgehead atoms. The van der Waals surface area contributed by atoms with Crippen LogP contribution in [0.4, 0.5) is 0 Å². The van der Waals surface area contributed by atoms with Crippen molar-refractivity contribution in [1.29, 1.82) is 0 Å². The molecule has 1 rings (SSSR count). The highest BCUT2D eigenvalue weighted by Crippen LogP contribution is 2.47. The number of aliphatic hydroxyl groups is 7. The number of phosphoric acid groups is 1. The van der Waals surface area contributed by atoms with E-state index in [-0.39, 0.29) is 25.7 Å². The lowest BCUT2D eigenvalue weighted by molar-refractivity contribution is -0.220. The highest BCUT2D eigenvalue weighted by atomic mass is 31.2. The number of phosphoric ester groups is 1. The number of carbonyl (C=O) groups excluding carboxylic acids is 2. The van der Waals surface area contributed by atoms with Crippen LogP contribution in [0.2, 0.25) is 0 Å². The molecule has 1 aliphatic rings. The predicted octanol–water partition coefficient (Wildman–Crippen LogP) is 6.33. The molecular weight excluding hydrogens is 811 g/mol. The molecule has 0 spiro atoms. The highest BCUT2D eigenvalue weighted by Gasteiger charge is 2.51. The maximum absolute atomic E-state index is 12.8. The van der Waals surface area contributed by atoms with Crippen molar-refractivity contribution in [2.24, 2.45) is 0 Å². The second kappa shape index (κ2) is 35.1. The van der Waals surface area contributed by atoms with Gasteiger partial charge in [-0.3, -0.25) is 18.6 Å². The van der Waals surface area contributed by atoms with Gasteiger partial charge in [0, 0.05) is 12.8 Å². The summed E-state index contributed by atoms with van der Waals surface area (Å²) in [6, 6.07) is 0. The summed E-state index contributed by atoms with van der Waals surface area (Å²) < 4.78 is 33.3. The molecule has 0 radical (unpaired) electrons. The van der Waals surface area contributed by atoms with E-state index >= 15 is 0 Å². The number of rotatable bonds is 36. The zero-order valence-corrected chi connectivity index (χ0v) is 37.6. The van der Waals surface area contributed by atoms with E-state index < -0.39 is 87.9 Å². The Morgan fingerprint density at radius 2 is 1.02 bits per heavy atom. The monoisotopic (exact) mass is 891 g/mol. The van der Waals surface area contributed by atoms with Gasteiger partial charge < -0.3 is 50.1 Å². The summed E-state index contributed by atoms with van der Waals surface area (Å²) in [4.78, 5) is 35.7. The van der Waals surface area contributed by atoms with Crippen molar-refractivity contribution in [2.45, 2.75) is 210 Å². The number of esters is 2. The van der Waals surface area contributed by atoms with Gasteiger partial charge in [-0.2, -0.15) is 0 Å². The van der Waals surface area contributed by atoms with Crippen LogP contribution in [-0.4, -0.2) is 121 Å². The molecule has 16 heteroatoms. The Labute approximate surface area is 364 Å². The smallest absolute Gasteiger partial charge is 0.462 e. The second-order valence-electron chi connectivity index (χ2n) is 16.0. The van der Waals surface area contributed by atoms with Crippen LogP contribution >= 0.6 is 7.82 Å². The molecule has 354 valence electrons. The van der Waals surface area contributed by atoms with Gasteiger partial charge in [0.2, 0.25) is 0 Å². The largest absolute Gasteiger partial charge is 0.472 e. The van der Waals surface area contributed by atoms with Crippen LogP contribution in [0.5, 0.6) is 0 Å². The third kappa shape index (κ3) is 28.2. The van der Waals surface area contributed by atoms with Crippen molar-refractivity contribution in [3.63, 3.8) is 0 Å². The summed E-state index contributed by atoms with van der Waals surface area (Å²) in [5, 5.41) is 70.3. The highest BCUT2D eigenvalue weighted by molar-refractivity contribution is 7.47. The summed E-state index contributed by atoms with van der Waals surface area (Å²) in [5.74, 6) is -1.33. The summed E-state index contributed by atoms with van der Waals surface area (Å²) in [7, 11) is -5.17. The molecule has 0 aromatic carbocycles. The molecule has 15 nitrogen and oxygen atoms in total. The third-order valence-electron chi connectivity index (χ3n) is 10.4. The van der Waals surface area contributed by atoms with E-state index in [1.807, 2.05) is 24.3 Å². The lowest BCUT2D eigenvalue weighted by Gasteiger charge is -2.41. The number of aliphatic hydroxyl groups excluding tert-OH is 7. The lowest BCUT2D eigenvalue weighted by atomic mass is 9.85. The first-order chi connectivity index (χ1) is 29.2. The Morgan fingerprint density at radius 1 is 0.574 bits per heavy atom. The first-order valence-electron chi connectivity index (χ1n) is 22.7. The Kier molecular flexibility index (Phi) is 32.7. The fraction of sp³-hybridized carbons (Fsp3) is 0.778. The first kappa shape index (κ1) is 56.7. The zero-order chi connectivity index (χ0) is 45.3. The van der Waals surface area contributed by atoms with Crippen LogP contribution in [0.1, 0.15) is 155 Å². The average molecular weight is 891 g/mol. The van der Waals surface area contributed by atoms with Gasteiger partial charge in [0.05, 0.1) is 18.8 Å². The van der Waals surface area contributed by atoms with Crippen LogP contribution in [0.25, 0.3) is 0 Å². The summed E-state index contributed by atoms with van der Waals surface area (Å²) in [6.07, 6.45) is 19.4. The summed E-state index contributed by atoms with van der Waals surface area (Å²) >= 11 is 0.